The van der Waals surface area contributed by atoms with E-state index in [1.54, 1.807) is 18.2 Å². The first-order valence-electron chi connectivity index (χ1n) is 5.04. The van der Waals surface area contributed by atoms with Crippen LogP contribution in [0.15, 0.2) is 18.2 Å². The van der Waals surface area contributed by atoms with Crippen LogP contribution >= 0.6 is 11.6 Å². The Bertz CT molecular complexity index is 390. The van der Waals surface area contributed by atoms with Crippen LogP contribution in [0.5, 0.6) is 5.75 Å². The van der Waals surface area contributed by atoms with Crippen LogP contribution in [0.25, 0.3) is 0 Å². The van der Waals surface area contributed by atoms with Gasteiger partial charge in [0.25, 0.3) is 0 Å². The van der Waals surface area contributed by atoms with Crippen LogP contribution in [-0.2, 0) is 0 Å². The van der Waals surface area contributed by atoms with E-state index in [-0.39, 0.29) is 0 Å². The molecule has 0 aliphatic heterocycles. The van der Waals surface area contributed by atoms with Crippen molar-refractivity contribution in [3.8, 4) is 11.8 Å². The van der Waals surface area contributed by atoms with Gasteiger partial charge in [0.15, 0.2) is 5.75 Å². The van der Waals surface area contributed by atoms with Gasteiger partial charge < -0.3 is 10.5 Å². The van der Waals surface area contributed by atoms with E-state index in [0.29, 0.717) is 29.5 Å². The lowest BCUT2D eigenvalue weighted by atomic mass is 9.92. The maximum atomic E-state index is 8.84. The lowest BCUT2D eigenvalue weighted by molar-refractivity contribution is 0.265. The number of rotatable bonds is 4. The van der Waals surface area contributed by atoms with Crippen LogP contribution in [0.4, 0.5) is 5.69 Å². The van der Waals surface area contributed by atoms with Crippen molar-refractivity contribution in [1.29, 1.82) is 5.26 Å². The number of nitrogens with zero attached hydrogens (tertiary/aromatic N) is 1. The molecule has 86 valence electrons. The predicted molar refractivity (Wildman–Crippen MR) is 65.4 cm³/mol. The largest absolute Gasteiger partial charge is 0.490 e. The molecule has 1 aromatic rings. The second-order valence-corrected chi connectivity index (χ2v) is 4.66. The quantitative estimate of drug-likeness (QED) is 0.820. The molecular weight excluding hydrogens is 224 g/mol. The number of nitrogen functional groups attached to an aromatic ring is 1. The van der Waals surface area contributed by atoms with Crippen molar-refractivity contribution in [2.24, 2.45) is 5.41 Å². The topological polar surface area (TPSA) is 59.0 Å². The van der Waals surface area contributed by atoms with Gasteiger partial charge in [-0.25, -0.2) is 0 Å². The number of anilines is 1. The van der Waals surface area contributed by atoms with Crippen molar-refractivity contribution >= 4 is 17.3 Å². The Morgan fingerprint density at radius 3 is 2.75 bits per heavy atom. The highest BCUT2D eigenvalue weighted by Crippen LogP contribution is 2.31. The van der Waals surface area contributed by atoms with Gasteiger partial charge in [-0.15, -0.1) is 0 Å². The average molecular weight is 239 g/mol. The Balaban J connectivity index is 2.60. The number of nitrogens with two attached hydrogens (primary N) is 1. The molecule has 4 heteroatoms. The third kappa shape index (κ3) is 3.32. The molecule has 3 nitrogen and oxygen atoms in total. The van der Waals surface area contributed by atoms with Gasteiger partial charge in [-0.05, 0) is 32.4 Å². The molecule has 0 amide bonds. The summed E-state index contributed by atoms with van der Waals surface area (Å²) in [5, 5.41) is 9.34. The maximum absolute atomic E-state index is 8.84. The number of ether oxygens (including phenoxy) is 1. The van der Waals surface area contributed by atoms with Gasteiger partial charge in [0.05, 0.1) is 28.8 Å². The standard InChI is InChI=1S/C12H15ClN2O/c1-12(2,8-14)6-7-16-11-9(13)4-3-5-10(11)15/h3-5H,6-7,15H2,1-2H3. The van der Waals surface area contributed by atoms with Crippen molar-refractivity contribution in [2.75, 3.05) is 12.3 Å². The van der Waals surface area contributed by atoms with E-state index in [1.165, 1.54) is 0 Å². The molecule has 1 rings (SSSR count). The summed E-state index contributed by atoms with van der Waals surface area (Å²) in [5.41, 5.74) is 5.85. The van der Waals surface area contributed by atoms with Crippen LogP contribution in [0.1, 0.15) is 20.3 Å². The molecule has 0 bridgehead atoms. The number of halogens is 1. The SMILES string of the molecule is CC(C)(C#N)CCOc1c(N)cccc1Cl. The van der Waals surface area contributed by atoms with Gasteiger partial charge in [0.1, 0.15) is 0 Å². The van der Waals surface area contributed by atoms with E-state index in [2.05, 4.69) is 6.07 Å². The summed E-state index contributed by atoms with van der Waals surface area (Å²) in [7, 11) is 0. The molecule has 0 fully saturated rings. The third-order valence-electron chi connectivity index (χ3n) is 2.27. The van der Waals surface area contributed by atoms with E-state index < -0.39 is 5.41 Å². The molecule has 0 aliphatic rings. The summed E-state index contributed by atoms with van der Waals surface area (Å²) in [4.78, 5) is 0. The summed E-state index contributed by atoms with van der Waals surface area (Å²) in [6.07, 6.45) is 0.633. The molecule has 0 atom stereocenters. The molecule has 0 spiro atoms. The molecular formula is C12H15ClN2O. The number of nitriles is 1. The van der Waals surface area contributed by atoms with E-state index in [0.717, 1.165) is 0 Å². The first-order valence-corrected chi connectivity index (χ1v) is 5.42. The highest BCUT2D eigenvalue weighted by atomic mass is 35.5. The smallest absolute Gasteiger partial charge is 0.160 e. The van der Waals surface area contributed by atoms with Gasteiger partial charge in [0.2, 0.25) is 0 Å². The van der Waals surface area contributed by atoms with Gasteiger partial charge in [-0.2, -0.15) is 5.26 Å². The van der Waals surface area contributed by atoms with Gasteiger partial charge >= 0.3 is 0 Å². The molecule has 16 heavy (non-hydrogen) atoms. The molecule has 0 aromatic heterocycles. The van der Waals surface area contributed by atoms with Crippen molar-refractivity contribution in [3.63, 3.8) is 0 Å². The zero-order chi connectivity index (χ0) is 12.2. The molecule has 0 aliphatic carbocycles. The summed E-state index contributed by atoms with van der Waals surface area (Å²) >= 11 is 5.94. The molecule has 1 aromatic carbocycles. The molecule has 0 heterocycles. The maximum Gasteiger partial charge on any atom is 0.160 e. The molecule has 0 unspecified atom stereocenters. The first-order chi connectivity index (χ1) is 7.46. The number of para-hydroxylation sites is 1. The summed E-state index contributed by atoms with van der Waals surface area (Å²) in [6, 6.07) is 7.44. The van der Waals surface area contributed by atoms with Crippen LogP contribution in [0, 0.1) is 16.7 Å². The molecule has 0 saturated carbocycles. The van der Waals surface area contributed by atoms with Crippen LogP contribution < -0.4 is 10.5 Å². The van der Waals surface area contributed by atoms with Crippen LogP contribution in [0.3, 0.4) is 0 Å². The zero-order valence-corrected chi connectivity index (χ0v) is 10.2. The number of benzene rings is 1. The Morgan fingerprint density at radius 1 is 1.50 bits per heavy atom. The Morgan fingerprint density at radius 2 is 2.19 bits per heavy atom. The Kier molecular flexibility index (Phi) is 4.03. The second-order valence-electron chi connectivity index (χ2n) is 4.25. The normalized spacial score (nSPS) is 10.9. The predicted octanol–water partition coefficient (Wildman–Crippen LogP) is 3.24. The molecule has 0 radical (unpaired) electrons. The zero-order valence-electron chi connectivity index (χ0n) is 9.46. The molecule has 0 saturated heterocycles. The lowest BCUT2D eigenvalue weighted by Crippen LogP contribution is -2.13. The van der Waals surface area contributed by atoms with Gasteiger partial charge in [0, 0.05) is 0 Å². The van der Waals surface area contributed by atoms with E-state index >= 15 is 0 Å². The molecule has 2 N–H and O–H groups in total. The first kappa shape index (κ1) is 12.7. The van der Waals surface area contributed by atoms with Crippen molar-refractivity contribution in [2.45, 2.75) is 20.3 Å². The average Bonchev–Trinajstić information content (AvgIpc) is 2.22. The fourth-order valence-corrected chi connectivity index (χ4v) is 1.38. The Labute approximate surface area is 101 Å². The van der Waals surface area contributed by atoms with Crippen LogP contribution in [0.2, 0.25) is 5.02 Å². The van der Waals surface area contributed by atoms with Gasteiger partial charge in [-0.3, -0.25) is 0 Å². The minimum Gasteiger partial charge on any atom is -0.490 e. The summed E-state index contributed by atoms with van der Waals surface area (Å²) < 4.78 is 5.50. The van der Waals surface area contributed by atoms with Crippen molar-refractivity contribution in [1.82, 2.24) is 0 Å². The van der Waals surface area contributed by atoms with E-state index in [1.807, 2.05) is 13.8 Å². The highest BCUT2D eigenvalue weighted by Gasteiger charge is 2.17. The minimum absolute atomic E-state index is 0.393. The third-order valence-corrected chi connectivity index (χ3v) is 2.57. The van der Waals surface area contributed by atoms with E-state index in [9.17, 15) is 0 Å². The highest BCUT2D eigenvalue weighted by molar-refractivity contribution is 6.32. The van der Waals surface area contributed by atoms with Crippen molar-refractivity contribution < 1.29 is 4.74 Å². The Hall–Kier alpha value is -1.40. The van der Waals surface area contributed by atoms with Gasteiger partial charge in [-0.1, -0.05) is 17.7 Å². The van der Waals surface area contributed by atoms with Crippen LogP contribution in [-0.4, -0.2) is 6.61 Å². The number of hydrogen-bond acceptors (Lipinski definition) is 3. The summed E-state index contributed by atoms with van der Waals surface area (Å²) in [6.45, 7) is 4.16. The minimum atomic E-state index is -0.393. The fraction of sp³-hybridized carbons (Fsp3) is 0.417. The fourth-order valence-electron chi connectivity index (χ4n) is 1.14. The summed E-state index contributed by atoms with van der Waals surface area (Å²) in [5.74, 6) is 0.498. The monoisotopic (exact) mass is 238 g/mol. The number of hydrogen-bond donors (Lipinski definition) is 1. The van der Waals surface area contributed by atoms with Crippen molar-refractivity contribution in [3.05, 3.63) is 23.2 Å². The second kappa shape index (κ2) is 5.09. The lowest BCUT2D eigenvalue weighted by Gasteiger charge is -2.16. The van der Waals surface area contributed by atoms with E-state index in [4.69, 9.17) is 27.3 Å².